The Bertz CT molecular complexity index is 791. The summed E-state index contributed by atoms with van der Waals surface area (Å²) >= 11 is 0. The summed E-state index contributed by atoms with van der Waals surface area (Å²) in [5, 5.41) is 1.21. The number of rotatable bonds is 6. The Hall–Kier alpha value is -2.46. The van der Waals surface area contributed by atoms with Crippen LogP contribution in [0.15, 0.2) is 48.7 Å². The number of aromatic nitrogens is 1. The summed E-state index contributed by atoms with van der Waals surface area (Å²) in [6.45, 7) is 4.13. The lowest BCUT2D eigenvalue weighted by Gasteiger charge is -2.07. The van der Waals surface area contributed by atoms with Gasteiger partial charge in [0.1, 0.15) is 18.1 Å². The molecule has 0 saturated carbocycles. The minimum absolute atomic E-state index is 0.532. The van der Waals surface area contributed by atoms with Crippen molar-refractivity contribution in [3.05, 3.63) is 59.8 Å². The molecular weight excluding hydrogens is 288 g/mol. The van der Waals surface area contributed by atoms with E-state index < -0.39 is 0 Å². The first-order valence-corrected chi connectivity index (χ1v) is 7.83. The topological polar surface area (TPSA) is 49.4 Å². The van der Waals surface area contributed by atoms with Crippen LogP contribution >= 0.6 is 0 Å². The first-order chi connectivity index (χ1) is 11.3. The predicted molar refractivity (Wildman–Crippen MR) is 92.8 cm³/mol. The van der Waals surface area contributed by atoms with Crippen LogP contribution in [0.5, 0.6) is 11.5 Å². The van der Waals surface area contributed by atoms with Crippen molar-refractivity contribution in [2.24, 2.45) is 5.73 Å². The summed E-state index contributed by atoms with van der Waals surface area (Å²) in [6, 6.07) is 13.9. The van der Waals surface area contributed by atoms with Gasteiger partial charge in [0.05, 0.1) is 12.6 Å². The molecule has 0 atom stereocenters. The van der Waals surface area contributed by atoms with Crippen LogP contribution in [0.2, 0.25) is 0 Å². The fourth-order valence-electron chi connectivity index (χ4n) is 2.87. The molecule has 3 aromatic rings. The number of methoxy groups -OCH3 is 1. The zero-order valence-electron chi connectivity index (χ0n) is 13.6. The maximum Gasteiger partial charge on any atom is 0.120 e. The van der Waals surface area contributed by atoms with E-state index in [1.54, 1.807) is 7.11 Å². The molecule has 0 bridgehead atoms. The summed E-state index contributed by atoms with van der Waals surface area (Å²) in [5.74, 6) is 1.66. The fourth-order valence-corrected chi connectivity index (χ4v) is 2.87. The molecular formula is C19H22N2O2. The van der Waals surface area contributed by atoms with Gasteiger partial charge >= 0.3 is 0 Å². The van der Waals surface area contributed by atoms with Gasteiger partial charge in [-0.15, -0.1) is 0 Å². The standard InChI is InChI=1S/C19H22N2O2/c1-3-21-12-15(18-6-4-5-14(11-20)19(18)21)13-23-17-9-7-16(22-2)8-10-17/h4-10,12H,3,11,13,20H2,1-2H3. The molecule has 0 aliphatic rings. The molecule has 1 aromatic heterocycles. The van der Waals surface area contributed by atoms with Crippen molar-refractivity contribution in [3.63, 3.8) is 0 Å². The zero-order chi connectivity index (χ0) is 16.2. The molecule has 120 valence electrons. The summed E-state index contributed by atoms with van der Waals surface area (Å²) in [6.07, 6.45) is 2.16. The Morgan fingerprint density at radius 2 is 1.74 bits per heavy atom. The molecule has 0 saturated heterocycles. The average Bonchev–Trinajstić information content (AvgIpc) is 2.98. The maximum absolute atomic E-state index is 5.93. The molecule has 4 nitrogen and oxygen atoms in total. The van der Waals surface area contributed by atoms with Gasteiger partial charge in [-0.1, -0.05) is 18.2 Å². The molecule has 4 heteroatoms. The molecule has 0 radical (unpaired) electrons. The molecule has 0 aliphatic heterocycles. The van der Waals surface area contributed by atoms with Gasteiger partial charge in [-0.3, -0.25) is 0 Å². The maximum atomic E-state index is 5.93. The van der Waals surface area contributed by atoms with Crippen LogP contribution in [0.3, 0.4) is 0 Å². The second-order valence-electron chi connectivity index (χ2n) is 5.42. The van der Waals surface area contributed by atoms with Crippen molar-refractivity contribution in [1.29, 1.82) is 0 Å². The van der Waals surface area contributed by atoms with E-state index in [4.69, 9.17) is 15.2 Å². The highest BCUT2D eigenvalue weighted by Gasteiger charge is 2.11. The third-order valence-electron chi connectivity index (χ3n) is 4.08. The summed E-state index contributed by atoms with van der Waals surface area (Å²) in [5.41, 5.74) is 9.44. The van der Waals surface area contributed by atoms with E-state index in [0.717, 1.165) is 18.0 Å². The number of para-hydroxylation sites is 1. The quantitative estimate of drug-likeness (QED) is 0.755. The predicted octanol–water partition coefficient (Wildman–Crippen LogP) is 3.71. The number of fused-ring (bicyclic) bond motifs is 1. The summed E-state index contributed by atoms with van der Waals surface area (Å²) < 4.78 is 13.3. The Morgan fingerprint density at radius 3 is 2.39 bits per heavy atom. The van der Waals surface area contributed by atoms with E-state index in [1.165, 1.54) is 22.0 Å². The molecule has 0 amide bonds. The van der Waals surface area contributed by atoms with E-state index in [2.05, 4.69) is 35.9 Å². The van der Waals surface area contributed by atoms with Gasteiger partial charge in [0.2, 0.25) is 0 Å². The third-order valence-corrected chi connectivity index (χ3v) is 4.08. The second kappa shape index (κ2) is 6.75. The van der Waals surface area contributed by atoms with Crippen molar-refractivity contribution < 1.29 is 9.47 Å². The van der Waals surface area contributed by atoms with Gasteiger partial charge in [-0.2, -0.15) is 0 Å². The monoisotopic (exact) mass is 310 g/mol. The number of aryl methyl sites for hydroxylation is 1. The lowest BCUT2D eigenvalue weighted by Crippen LogP contribution is -2.00. The number of benzene rings is 2. The van der Waals surface area contributed by atoms with Crippen molar-refractivity contribution in [1.82, 2.24) is 4.57 Å². The number of nitrogens with two attached hydrogens (primary N) is 1. The highest BCUT2D eigenvalue weighted by Crippen LogP contribution is 2.26. The van der Waals surface area contributed by atoms with Crippen molar-refractivity contribution >= 4 is 10.9 Å². The van der Waals surface area contributed by atoms with Crippen LogP contribution in [-0.2, 0) is 19.7 Å². The van der Waals surface area contributed by atoms with Crippen molar-refractivity contribution in [2.45, 2.75) is 26.6 Å². The van der Waals surface area contributed by atoms with Crippen molar-refractivity contribution in [3.8, 4) is 11.5 Å². The molecule has 23 heavy (non-hydrogen) atoms. The summed E-state index contributed by atoms with van der Waals surface area (Å²) in [7, 11) is 1.66. The fraction of sp³-hybridized carbons (Fsp3) is 0.263. The summed E-state index contributed by atoms with van der Waals surface area (Å²) in [4.78, 5) is 0. The molecule has 0 unspecified atom stereocenters. The van der Waals surface area contributed by atoms with Gasteiger partial charge in [0.25, 0.3) is 0 Å². The average molecular weight is 310 g/mol. The minimum Gasteiger partial charge on any atom is -0.497 e. The third kappa shape index (κ3) is 3.03. The Balaban J connectivity index is 1.87. The Kier molecular flexibility index (Phi) is 4.53. The van der Waals surface area contributed by atoms with Gasteiger partial charge in [0.15, 0.2) is 0 Å². The normalized spacial score (nSPS) is 10.9. The van der Waals surface area contributed by atoms with Crippen molar-refractivity contribution in [2.75, 3.05) is 7.11 Å². The lowest BCUT2D eigenvalue weighted by molar-refractivity contribution is 0.306. The van der Waals surface area contributed by atoms with Gasteiger partial charge < -0.3 is 19.8 Å². The van der Waals surface area contributed by atoms with Gasteiger partial charge in [-0.05, 0) is 36.8 Å². The number of hydrogen-bond acceptors (Lipinski definition) is 3. The van der Waals surface area contributed by atoms with E-state index >= 15 is 0 Å². The first kappa shape index (κ1) is 15.4. The van der Waals surface area contributed by atoms with Gasteiger partial charge in [0, 0.05) is 30.2 Å². The zero-order valence-corrected chi connectivity index (χ0v) is 13.6. The first-order valence-electron chi connectivity index (χ1n) is 7.83. The highest BCUT2D eigenvalue weighted by molar-refractivity contribution is 5.86. The highest BCUT2D eigenvalue weighted by atomic mass is 16.5. The van der Waals surface area contributed by atoms with Crippen LogP contribution in [-0.4, -0.2) is 11.7 Å². The Labute approximate surface area is 136 Å². The van der Waals surface area contributed by atoms with Crippen LogP contribution in [0, 0.1) is 0 Å². The van der Waals surface area contributed by atoms with Crippen LogP contribution in [0.4, 0.5) is 0 Å². The van der Waals surface area contributed by atoms with E-state index in [0.29, 0.717) is 13.2 Å². The molecule has 0 fully saturated rings. The molecule has 2 aromatic carbocycles. The number of ether oxygens (including phenoxy) is 2. The largest absolute Gasteiger partial charge is 0.497 e. The van der Waals surface area contributed by atoms with E-state index in [9.17, 15) is 0 Å². The molecule has 3 rings (SSSR count). The number of nitrogens with zero attached hydrogens (tertiary/aromatic N) is 1. The Morgan fingerprint density at radius 1 is 1.00 bits per heavy atom. The molecule has 1 heterocycles. The second-order valence-corrected chi connectivity index (χ2v) is 5.42. The van der Waals surface area contributed by atoms with Crippen LogP contribution < -0.4 is 15.2 Å². The molecule has 2 N–H and O–H groups in total. The van der Waals surface area contributed by atoms with Crippen LogP contribution in [0.25, 0.3) is 10.9 Å². The minimum atomic E-state index is 0.532. The molecule has 0 spiro atoms. The SMILES string of the molecule is CCn1cc(COc2ccc(OC)cc2)c2cccc(CN)c21. The van der Waals surface area contributed by atoms with E-state index in [-0.39, 0.29) is 0 Å². The van der Waals surface area contributed by atoms with Gasteiger partial charge in [-0.25, -0.2) is 0 Å². The lowest BCUT2D eigenvalue weighted by atomic mass is 10.1. The van der Waals surface area contributed by atoms with Crippen LogP contribution in [0.1, 0.15) is 18.1 Å². The number of hydrogen-bond donors (Lipinski definition) is 1. The van der Waals surface area contributed by atoms with E-state index in [1.807, 2.05) is 24.3 Å². The smallest absolute Gasteiger partial charge is 0.120 e. The molecule has 0 aliphatic carbocycles.